The third-order valence-electron chi connectivity index (χ3n) is 4.82. The van der Waals surface area contributed by atoms with E-state index in [1.165, 1.54) is 0 Å². The first kappa shape index (κ1) is 18.9. The number of carbonyl (C=O) groups excluding carboxylic acids is 2. The van der Waals surface area contributed by atoms with Crippen molar-refractivity contribution in [3.05, 3.63) is 57.8 Å². The molecule has 2 aliphatic heterocycles. The van der Waals surface area contributed by atoms with E-state index in [1.807, 2.05) is 12.1 Å². The van der Waals surface area contributed by atoms with E-state index in [9.17, 15) is 9.59 Å². The van der Waals surface area contributed by atoms with E-state index >= 15 is 0 Å². The van der Waals surface area contributed by atoms with E-state index in [4.69, 9.17) is 9.47 Å². The van der Waals surface area contributed by atoms with Gasteiger partial charge in [-0.25, -0.2) is 0 Å². The molecule has 2 aromatic rings. The van der Waals surface area contributed by atoms with Crippen LogP contribution in [0.1, 0.15) is 26.3 Å². The molecule has 1 fully saturated rings. The number of nitrogens with zero attached hydrogens (tertiary/aromatic N) is 3. The summed E-state index contributed by atoms with van der Waals surface area (Å²) in [5.41, 5.74) is 1.94. The maximum Gasteiger partial charge on any atom is 0.255 e. The highest BCUT2D eigenvalue weighted by atomic mass is 79.9. The summed E-state index contributed by atoms with van der Waals surface area (Å²) in [6.07, 6.45) is 3.19. The number of aromatic nitrogens is 1. The molecule has 4 rings (SSSR count). The Bertz CT molecular complexity index is 899. The summed E-state index contributed by atoms with van der Waals surface area (Å²) in [6, 6.07) is 7.18. The summed E-state index contributed by atoms with van der Waals surface area (Å²) < 4.78 is 11.9. The minimum absolute atomic E-state index is 0.0237. The number of halogens is 1. The Morgan fingerprint density at radius 3 is 2.46 bits per heavy atom. The molecule has 1 saturated heterocycles. The van der Waals surface area contributed by atoms with Crippen LogP contribution in [-0.4, -0.2) is 66.1 Å². The Balaban J connectivity index is 1.56. The van der Waals surface area contributed by atoms with Gasteiger partial charge in [0.1, 0.15) is 12.4 Å². The number of hydrogen-bond acceptors (Lipinski definition) is 5. The number of carbonyl (C=O) groups is 2. The number of ether oxygens (including phenoxy) is 2. The number of benzene rings is 1. The van der Waals surface area contributed by atoms with Crippen molar-refractivity contribution in [2.75, 3.05) is 39.5 Å². The summed E-state index contributed by atoms with van der Waals surface area (Å²) in [7, 11) is 0. The van der Waals surface area contributed by atoms with Crippen LogP contribution < -0.4 is 4.74 Å². The minimum atomic E-state index is -0.116. The highest BCUT2D eigenvalue weighted by Crippen LogP contribution is 2.26. The van der Waals surface area contributed by atoms with Crippen molar-refractivity contribution in [1.29, 1.82) is 0 Å². The lowest BCUT2D eigenvalue weighted by atomic mass is 10.1. The summed E-state index contributed by atoms with van der Waals surface area (Å²) in [6.45, 7) is 3.54. The number of amides is 2. The summed E-state index contributed by atoms with van der Waals surface area (Å²) in [5, 5.41) is 0. The number of pyridine rings is 1. The van der Waals surface area contributed by atoms with Gasteiger partial charge in [0.05, 0.1) is 25.3 Å². The highest BCUT2D eigenvalue weighted by Gasteiger charge is 2.24. The normalized spacial score (nSPS) is 16.8. The first-order chi connectivity index (χ1) is 13.6. The van der Waals surface area contributed by atoms with Gasteiger partial charge < -0.3 is 19.3 Å². The molecular weight excluding hydrogens is 426 g/mol. The fourth-order valence-corrected chi connectivity index (χ4v) is 3.73. The van der Waals surface area contributed by atoms with Crippen molar-refractivity contribution in [3.63, 3.8) is 0 Å². The van der Waals surface area contributed by atoms with Gasteiger partial charge in [0.25, 0.3) is 11.8 Å². The molecule has 146 valence electrons. The van der Waals surface area contributed by atoms with Crippen molar-refractivity contribution in [1.82, 2.24) is 14.8 Å². The first-order valence-corrected chi connectivity index (χ1v) is 9.94. The fourth-order valence-electron chi connectivity index (χ4n) is 3.36. The largest absolute Gasteiger partial charge is 0.491 e. The molecule has 0 aliphatic carbocycles. The minimum Gasteiger partial charge on any atom is -0.491 e. The summed E-state index contributed by atoms with van der Waals surface area (Å²) >= 11 is 3.35. The third kappa shape index (κ3) is 4.02. The molecule has 28 heavy (non-hydrogen) atoms. The highest BCUT2D eigenvalue weighted by molar-refractivity contribution is 9.10. The SMILES string of the molecule is O=C(c1ccc2c(c1)CN(C(=O)c1cncc(Br)c1)CCO2)N1CCOCC1. The second-order valence-corrected chi connectivity index (χ2v) is 7.61. The molecule has 0 radical (unpaired) electrons. The second kappa shape index (κ2) is 8.28. The van der Waals surface area contributed by atoms with Gasteiger partial charge >= 0.3 is 0 Å². The van der Waals surface area contributed by atoms with Crippen molar-refractivity contribution >= 4 is 27.7 Å². The van der Waals surface area contributed by atoms with Gasteiger partial charge in [-0.3, -0.25) is 14.6 Å². The van der Waals surface area contributed by atoms with Crippen LogP contribution in [0.5, 0.6) is 5.75 Å². The fraction of sp³-hybridized carbons (Fsp3) is 0.350. The van der Waals surface area contributed by atoms with Crippen molar-refractivity contribution in [2.45, 2.75) is 6.54 Å². The Hall–Kier alpha value is -2.45. The summed E-state index contributed by atoms with van der Waals surface area (Å²) in [4.78, 5) is 33.3. The monoisotopic (exact) mass is 445 g/mol. The van der Waals surface area contributed by atoms with Gasteiger partial charge in [0.2, 0.25) is 0 Å². The van der Waals surface area contributed by atoms with Gasteiger partial charge in [-0.05, 0) is 40.2 Å². The van der Waals surface area contributed by atoms with Crippen LogP contribution in [-0.2, 0) is 11.3 Å². The maximum absolute atomic E-state index is 12.9. The van der Waals surface area contributed by atoms with Crippen LogP contribution in [0.3, 0.4) is 0 Å². The van der Waals surface area contributed by atoms with Crippen molar-refractivity contribution in [3.8, 4) is 5.75 Å². The Morgan fingerprint density at radius 1 is 0.929 bits per heavy atom. The summed E-state index contributed by atoms with van der Waals surface area (Å²) in [5.74, 6) is 0.570. The molecule has 2 aliphatic rings. The zero-order valence-corrected chi connectivity index (χ0v) is 16.9. The average molecular weight is 446 g/mol. The molecule has 1 aromatic carbocycles. The molecule has 0 N–H and O–H groups in total. The van der Waals surface area contributed by atoms with E-state index < -0.39 is 0 Å². The predicted molar refractivity (Wildman–Crippen MR) is 105 cm³/mol. The smallest absolute Gasteiger partial charge is 0.255 e. The predicted octanol–water partition coefficient (Wildman–Crippen LogP) is 2.35. The molecule has 0 bridgehead atoms. The van der Waals surface area contributed by atoms with Crippen molar-refractivity contribution < 1.29 is 19.1 Å². The van der Waals surface area contributed by atoms with Crippen molar-refractivity contribution in [2.24, 2.45) is 0 Å². The number of rotatable bonds is 2. The lowest BCUT2D eigenvalue weighted by molar-refractivity contribution is 0.0303. The number of fused-ring (bicyclic) bond motifs is 1. The molecule has 8 heteroatoms. The van der Waals surface area contributed by atoms with Crippen LogP contribution >= 0.6 is 15.9 Å². The van der Waals surface area contributed by atoms with Gasteiger partial charge in [-0.15, -0.1) is 0 Å². The van der Waals surface area contributed by atoms with Crippen LogP contribution in [0.15, 0.2) is 41.1 Å². The van der Waals surface area contributed by atoms with Crippen LogP contribution in [0.25, 0.3) is 0 Å². The molecule has 0 unspecified atom stereocenters. The van der Waals surface area contributed by atoms with E-state index in [1.54, 1.807) is 34.3 Å². The Labute approximate surface area is 171 Å². The van der Waals surface area contributed by atoms with Crippen LogP contribution in [0.2, 0.25) is 0 Å². The molecule has 3 heterocycles. The Morgan fingerprint density at radius 2 is 1.68 bits per heavy atom. The number of hydrogen-bond donors (Lipinski definition) is 0. The molecular formula is C20H20BrN3O4. The quantitative estimate of drug-likeness (QED) is 0.709. The van der Waals surface area contributed by atoms with E-state index in [0.29, 0.717) is 62.9 Å². The molecule has 7 nitrogen and oxygen atoms in total. The molecule has 2 amide bonds. The first-order valence-electron chi connectivity index (χ1n) is 9.14. The maximum atomic E-state index is 12.9. The van der Waals surface area contributed by atoms with Crippen LogP contribution in [0.4, 0.5) is 0 Å². The zero-order chi connectivity index (χ0) is 19.5. The van der Waals surface area contributed by atoms with Gasteiger partial charge in [0, 0.05) is 47.6 Å². The lowest BCUT2D eigenvalue weighted by Crippen LogP contribution is -2.40. The second-order valence-electron chi connectivity index (χ2n) is 6.69. The van der Waals surface area contributed by atoms with Gasteiger partial charge in [-0.1, -0.05) is 0 Å². The molecule has 0 spiro atoms. The molecule has 1 aromatic heterocycles. The van der Waals surface area contributed by atoms with Gasteiger partial charge in [0.15, 0.2) is 0 Å². The average Bonchev–Trinajstić information content (AvgIpc) is 2.95. The van der Waals surface area contributed by atoms with Crippen LogP contribution in [0, 0.1) is 0 Å². The standard InChI is InChI=1S/C20H20BrN3O4/c21-17-10-15(11-22-12-17)20(26)24-5-8-28-18-2-1-14(9-16(18)13-24)19(25)23-3-6-27-7-4-23/h1-2,9-12H,3-8,13H2. The molecule has 0 saturated carbocycles. The zero-order valence-electron chi connectivity index (χ0n) is 15.3. The number of morpholine rings is 1. The Kier molecular flexibility index (Phi) is 5.59. The molecule has 0 atom stereocenters. The van der Waals surface area contributed by atoms with E-state index in [2.05, 4.69) is 20.9 Å². The van der Waals surface area contributed by atoms with Gasteiger partial charge in [-0.2, -0.15) is 0 Å². The van der Waals surface area contributed by atoms with E-state index in [-0.39, 0.29) is 11.8 Å². The van der Waals surface area contributed by atoms with E-state index in [0.717, 1.165) is 10.0 Å². The lowest BCUT2D eigenvalue weighted by Gasteiger charge is -2.27. The topological polar surface area (TPSA) is 72.0 Å². The third-order valence-corrected chi connectivity index (χ3v) is 5.26.